The Morgan fingerprint density at radius 2 is 2.17 bits per heavy atom. The van der Waals surface area contributed by atoms with Gasteiger partial charge in [0.25, 0.3) is 0 Å². The lowest BCUT2D eigenvalue weighted by atomic mass is 10.1. The molecule has 0 aliphatic carbocycles. The Bertz CT molecular complexity index is 467. The fraction of sp³-hybridized carbons (Fsp3) is 0.417. The van der Waals surface area contributed by atoms with E-state index in [1.165, 1.54) is 18.0 Å². The Labute approximate surface area is 103 Å². The maximum absolute atomic E-state index is 13.1. The zero-order valence-electron chi connectivity index (χ0n) is 9.86. The van der Waals surface area contributed by atoms with Gasteiger partial charge in [-0.25, -0.2) is 8.78 Å². The molecule has 1 aliphatic rings. The third-order valence-corrected chi connectivity index (χ3v) is 3.03. The zero-order valence-corrected chi connectivity index (χ0v) is 9.86. The van der Waals surface area contributed by atoms with E-state index in [4.69, 9.17) is 0 Å². The Hall–Kier alpha value is -1.53. The van der Waals surface area contributed by atoms with Crippen LogP contribution in [-0.4, -0.2) is 36.8 Å². The summed E-state index contributed by atoms with van der Waals surface area (Å²) in [4.78, 5) is 13.3. The number of amides is 1. The van der Waals surface area contributed by atoms with Crippen molar-refractivity contribution in [2.75, 3.05) is 18.5 Å². The van der Waals surface area contributed by atoms with Gasteiger partial charge in [0.05, 0.1) is 12.1 Å². The van der Waals surface area contributed by atoms with Gasteiger partial charge < -0.3 is 15.3 Å². The number of β-amino-alcohol motifs (C(OH)–C–C–N with tert-alkyl or cyclic N) is 1. The molecular weight excluding hydrogens is 242 g/mol. The van der Waals surface area contributed by atoms with Gasteiger partial charge in [0.2, 0.25) is 5.91 Å². The number of carbonyl (C=O) groups excluding carboxylic acids is 1. The van der Waals surface area contributed by atoms with E-state index >= 15 is 0 Å². The summed E-state index contributed by atoms with van der Waals surface area (Å²) in [6, 6.07) is 2.80. The molecule has 0 bridgehead atoms. The monoisotopic (exact) mass is 256 g/mol. The minimum Gasteiger partial charge on any atom is -0.392 e. The largest absolute Gasteiger partial charge is 0.392 e. The molecule has 6 heteroatoms. The summed E-state index contributed by atoms with van der Waals surface area (Å²) in [6.45, 7) is 0.363. The van der Waals surface area contributed by atoms with Crippen molar-refractivity contribution in [3.05, 3.63) is 29.8 Å². The van der Waals surface area contributed by atoms with Crippen molar-refractivity contribution in [3.8, 4) is 0 Å². The first-order chi connectivity index (χ1) is 8.49. The molecule has 1 aromatic rings. The van der Waals surface area contributed by atoms with Crippen LogP contribution in [0.1, 0.15) is 6.42 Å². The summed E-state index contributed by atoms with van der Waals surface area (Å²) < 4.78 is 25.9. The highest BCUT2D eigenvalue weighted by Gasteiger charge is 2.30. The molecule has 1 saturated heterocycles. The van der Waals surface area contributed by atoms with Gasteiger partial charge in [0.15, 0.2) is 11.6 Å². The van der Waals surface area contributed by atoms with Crippen LogP contribution in [0.15, 0.2) is 18.2 Å². The summed E-state index contributed by atoms with van der Waals surface area (Å²) in [7, 11) is 1.49. The van der Waals surface area contributed by atoms with Gasteiger partial charge in [0, 0.05) is 25.3 Å². The second kappa shape index (κ2) is 4.99. The van der Waals surface area contributed by atoms with Crippen molar-refractivity contribution in [2.45, 2.75) is 18.6 Å². The summed E-state index contributed by atoms with van der Waals surface area (Å²) in [5, 5.41) is 12.2. The first-order valence-electron chi connectivity index (χ1n) is 5.63. The van der Waals surface area contributed by atoms with Crippen LogP contribution in [0.25, 0.3) is 0 Å². The van der Waals surface area contributed by atoms with Crippen LogP contribution in [0.2, 0.25) is 0 Å². The summed E-state index contributed by atoms with van der Waals surface area (Å²) in [5.74, 6) is -2.22. The van der Waals surface area contributed by atoms with E-state index in [0.717, 1.165) is 12.1 Å². The third kappa shape index (κ3) is 2.49. The number of likely N-dealkylation sites (N-methyl/N-ethyl adjacent to an activating group) is 1. The van der Waals surface area contributed by atoms with E-state index in [2.05, 4.69) is 5.32 Å². The first kappa shape index (κ1) is 12.9. The zero-order chi connectivity index (χ0) is 13.3. The van der Waals surface area contributed by atoms with Crippen LogP contribution < -0.4 is 10.2 Å². The second-order valence-corrected chi connectivity index (χ2v) is 4.35. The molecule has 0 radical (unpaired) electrons. The number of aliphatic hydroxyl groups is 1. The van der Waals surface area contributed by atoms with Crippen LogP contribution >= 0.6 is 0 Å². The summed E-state index contributed by atoms with van der Waals surface area (Å²) in [6.07, 6.45) is -0.218. The van der Waals surface area contributed by atoms with Crippen LogP contribution in [0, 0.1) is 11.6 Å². The van der Waals surface area contributed by atoms with Crippen LogP contribution in [0.4, 0.5) is 14.5 Å². The van der Waals surface area contributed by atoms with Gasteiger partial charge in [-0.05, 0) is 18.6 Å². The molecule has 2 unspecified atom stereocenters. The van der Waals surface area contributed by atoms with Crippen molar-refractivity contribution in [1.29, 1.82) is 0 Å². The highest BCUT2D eigenvalue weighted by Crippen LogP contribution is 2.19. The quantitative estimate of drug-likeness (QED) is 0.817. The number of rotatable bonds is 2. The lowest BCUT2D eigenvalue weighted by Crippen LogP contribution is -2.41. The average Bonchev–Trinajstić information content (AvgIpc) is 2.77. The van der Waals surface area contributed by atoms with Crippen LogP contribution in [-0.2, 0) is 4.79 Å². The number of anilines is 1. The minimum absolute atomic E-state index is 0.280. The van der Waals surface area contributed by atoms with Gasteiger partial charge >= 0.3 is 0 Å². The fourth-order valence-electron chi connectivity index (χ4n) is 1.96. The van der Waals surface area contributed by atoms with Gasteiger partial charge in [-0.2, -0.15) is 0 Å². The molecule has 2 atom stereocenters. The molecule has 4 nitrogen and oxygen atoms in total. The second-order valence-electron chi connectivity index (χ2n) is 4.35. The van der Waals surface area contributed by atoms with Crippen molar-refractivity contribution >= 4 is 11.6 Å². The lowest BCUT2D eigenvalue weighted by molar-refractivity contribution is -0.120. The number of carbonyl (C=O) groups is 1. The SMILES string of the molecule is CN(C(=O)C1CC(O)CN1)c1ccc(F)c(F)c1. The fourth-order valence-corrected chi connectivity index (χ4v) is 1.96. The molecule has 1 fully saturated rings. The maximum Gasteiger partial charge on any atom is 0.243 e. The normalized spacial score (nSPS) is 23.1. The van der Waals surface area contributed by atoms with Crippen LogP contribution in [0.5, 0.6) is 0 Å². The number of hydrogen-bond donors (Lipinski definition) is 2. The van der Waals surface area contributed by atoms with E-state index in [-0.39, 0.29) is 11.6 Å². The predicted molar refractivity (Wildman–Crippen MR) is 62.2 cm³/mol. The average molecular weight is 256 g/mol. The van der Waals surface area contributed by atoms with E-state index < -0.39 is 23.8 Å². The molecule has 18 heavy (non-hydrogen) atoms. The number of aliphatic hydroxyl groups excluding tert-OH is 1. The molecule has 0 saturated carbocycles. The molecule has 1 aromatic carbocycles. The smallest absolute Gasteiger partial charge is 0.243 e. The first-order valence-corrected chi connectivity index (χ1v) is 5.63. The third-order valence-electron chi connectivity index (χ3n) is 3.03. The Morgan fingerprint density at radius 1 is 1.44 bits per heavy atom. The molecule has 0 aromatic heterocycles. The lowest BCUT2D eigenvalue weighted by Gasteiger charge is -2.21. The van der Waals surface area contributed by atoms with Gasteiger partial charge in [-0.1, -0.05) is 0 Å². The Balaban J connectivity index is 2.12. The van der Waals surface area contributed by atoms with Crippen molar-refractivity contribution in [1.82, 2.24) is 5.32 Å². The predicted octanol–water partition coefficient (Wildman–Crippen LogP) is 0.650. The van der Waals surface area contributed by atoms with Gasteiger partial charge in [-0.15, -0.1) is 0 Å². The number of benzene rings is 1. The molecular formula is C12H14F2N2O2. The standard InChI is InChI=1S/C12H14F2N2O2/c1-16(7-2-3-9(13)10(14)4-7)12(18)11-5-8(17)6-15-11/h2-4,8,11,15,17H,5-6H2,1H3. The van der Waals surface area contributed by atoms with Crippen molar-refractivity contribution in [3.63, 3.8) is 0 Å². The molecule has 0 spiro atoms. The minimum atomic E-state index is -0.994. The van der Waals surface area contributed by atoms with Gasteiger partial charge in [-0.3, -0.25) is 4.79 Å². The molecule has 1 heterocycles. The molecule has 2 N–H and O–H groups in total. The van der Waals surface area contributed by atoms with E-state index in [1.54, 1.807) is 0 Å². The summed E-state index contributed by atoms with van der Waals surface area (Å²) in [5.41, 5.74) is 0.280. The highest BCUT2D eigenvalue weighted by molar-refractivity contribution is 5.96. The highest BCUT2D eigenvalue weighted by atomic mass is 19.2. The Kier molecular flexibility index (Phi) is 3.58. The summed E-state index contributed by atoms with van der Waals surface area (Å²) >= 11 is 0. The van der Waals surface area contributed by atoms with Crippen molar-refractivity contribution in [2.24, 2.45) is 0 Å². The number of nitrogens with one attached hydrogen (secondary N) is 1. The molecule has 1 amide bonds. The van der Waals surface area contributed by atoms with Crippen molar-refractivity contribution < 1.29 is 18.7 Å². The molecule has 98 valence electrons. The molecule has 2 rings (SSSR count). The molecule has 1 aliphatic heterocycles. The van der Waals surface area contributed by atoms with Gasteiger partial charge in [0.1, 0.15) is 0 Å². The topological polar surface area (TPSA) is 52.6 Å². The number of nitrogens with zero attached hydrogens (tertiary/aromatic N) is 1. The Morgan fingerprint density at radius 3 is 2.72 bits per heavy atom. The number of halogens is 2. The van der Waals surface area contributed by atoms with E-state index in [9.17, 15) is 18.7 Å². The van der Waals surface area contributed by atoms with E-state index in [1.807, 2.05) is 0 Å². The maximum atomic E-state index is 13.1. The van der Waals surface area contributed by atoms with E-state index in [0.29, 0.717) is 13.0 Å². The number of hydrogen-bond acceptors (Lipinski definition) is 3. The van der Waals surface area contributed by atoms with Crippen LogP contribution in [0.3, 0.4) is 0 Å².